The summed E-state index contributed by atoms with van der Waals surface area (Å²) >= 11 is 6.10. The summed E-state index contributed by atoms with van der Waals surface area (Å²) < 4.78 is 10.5. The molecule has 118 valence electrons. The fraction of sp³-hybridized carbons (Fsp3) is 0.533. The predicted molar refractivity (Wildman–Crippen MR) is 84.0 cm³/mol. The summed E-state index contributed by atoms with van der Waals surface area (Å²) in [4.78, 5) is 11.7. The van der Waals surface area contributed by atoms with Crippen LogP contribution in [0.15, 0.2) is 18.2 Å². The standard InChI is InChI=1S/C15H23ClN2O3/c1-15(2,3)21-14(19)18-9-10(8-17)11-6-5-7-12(16)13(11)20-4/h5-7,10H,8-9,17H2,1-4H3,(H,18,19). The number of rotatable bonds is 5. The van der Waals surface area contributed by atoms with Gasteiger partial charge in [-0.3, -0.25) is 0 Å². The fourth-order valence-corrected chi connectivity index (χ4v) is 2.16. The molecule has 1 unspecified atom stereocenters. The van der Waals surface area contributed by atoms with Crippen molar-refractivity contribution in [1.82, 2.24) is 5.32 Å². The summed E-state index contributed by atoms with van der Waals surface area (Å²) in [5.74, 6) is 0.478. The van der Waals surface area contributed by atoms with Crippen LogP contribution in [0.1, 0.15) is 32.3 Å². The molecule has 0 fully saturated rings. The number of methoxy groups -OCH3 is 1. The van der Waals surface area contributed by atoms with Gasteiger partial charge in [0.25, 0.3) is 0 Å². The van der Waals surface area contributed by atoms with Crippen LogP contribution >= 0.6 is 11.6 Å². The van der Waals surface area contributed by atoms with Crippen molar-refractivity contribution in [1.29, 1.82) is 0 Å². The number of ether oxygens (including phenoxy) is 2. The van der Waals surface area contributed by atoms with Crippen molar-refractivity contribution < 1.29 is 14.3 Å². The van der Waals surface area contributed by atoms with E-state index in [-0.39, 0.29) is 5.92 Å². The van der Waals surface area contributed by atoms with Gasteiger partial charge >= 0.3 is 6.09 Å². The zero-order valence-electron chi connectivity index (χ0n) is 12.9. The van der Waals surface area contributed by atoms with Gasteiger partial charge in [-0.1, -0.05) is 23.7 Å². The Bertz CT molecular complexity index is 486. The molecule has 0 aliphatic rings. The molecule has 0 heterocycles. The van der Waals surface area contributed by atoms with Crippen molar-refractivity contribution in [3.63, 3.8) is 0 Å². The Balaban J connectivity index is 2.76. The van der Waals surface area contributed by atoms with E-state index in [1.807, 2.05) is 32.9 Å². The van der Waals surface area contributed by atoms with E-state index in [9.17, 15) is 4.79 Å². The van der Waals surface area contributed by atoms with Gasteiger partial charge in [0.05, 0.1) is 12.1 Å². The first-order valence-corrected chi connectivity index (χ1v) is 7.15. The smallest absolute Gasteiger partial charge is 0.407 e. The Morgan fingerprint density at radius 2 is 2.10 bits per heavy atom. The van der Waals surface area contributed by atoms with Gasteiger partial charge in [0.15, 0.2) is 0 Å². The number of hydrogen-bond acceptors (Lipinski definition) is 4. The second kappa shape index (κ2) is 7.52. The van der Waals surface area contributed by atoms with Crippen LogP contribution in [0.3, 0.4) is 0 Å². The number of carbonyl (C=O) groups excluding carboxylic acids is 1. The van der Waals surface area contributed by atoms with Gasteiger partial charge in [0.2, 0.25) is 0 Å². The lowest BCUT2D eigenvalue weighted by atomic mass is 9.98. The number of nitrogens with one attached hydrogen (secondary N) is 1. The Morgan fingerprint density at radius 3 is 2.62 bits per heavy atom. The molecule has 0 saturated carbocycles. The molecule has 1 aromatic rings. The summed E-state index contributed by atoms with van der Waals surface area (Å²) in [6.45, 7) is 6.14. The number of halogens is 1. The molecule has 21 heavy (non-hydrogen) atoms. The number of alkyl carbamates (subject to hydrolysis) is 1. The number of para-hydroxylation sites is 1. The molecule has 3 N–H and O–H groups in total. The van der Waals surface area contributed by atoms with Crippen LogP contribution in [0, 0.1) is 0 Å². The lowest BCUT2D eigenvalue weighted by Crippen LogP contribution is -2.36. The van der Waals surface area contributed by atoms with Crippen molar-refractivity contribution in [3.05, 3.63) is 28.8 Å². The van der Waals surface area contributed by atoms with Gasteiger partial charge < -0.3 is 20.5 Å². The van der Waals surface area contributed by atoms with E-state index in [4.69, 9.17) is 26.8 Å². The van der Waals surface area contributed by atoms with Gasteiger partial charge in [-0.2, -0.15) is 0 Å². The third-order valence-corrected chi connectivity index (χ3v) is 3.12. The number of hydrogen-bond donors (Lipinski definition) is 2. The molecule has 0 radical (unpaired) electrons. The maximum absolute atomic E-state index is 11.7. The van der Waals surface area contributed by atoms with Crippen LogP contribution in [0.2, 0.25) is 5.02 Å². The minimum absolute atomic E-state index is 0.105. The molecule has 6 heteroatoms. The summed E-state index contributed by atoms with van der Waals surface area (Å²) in [5.41, 5.74) is 6.13. The van der Waals surface area contributed by atoms with Crippen molar-refractivity contribution in [2.75, 3.05) is 20.2 Å². The molecule has 1 aromatic carbocycles. The normalized spacial score (nSPS) is 12.7. The van der Waals surface area contributed by atoms with E-state index >= 15 is 0 Å². The quantitative estimate of drug-likeness (QED) is 0.876. The van der Waals surface area contributed by atoms with Crippen LogP contribution < -0.4 is 15.8 Å². The van der Waals surface area contributed by atoms with Crippen LogP contribution in [0.5, 0.6) is 5.75 Å². The first-order valence-electron chi connectivity index (χ1n) is 6.77. The first kappa shape index (κ1) is 17.6. The molecule has 0 spiro atoms. The summed E-state index contributed by atoms with van der Waals surface area (Å²) in [6.07, 6.45) is -0.470. The zero-order valence-corrected chi connectivity index (χ0v) is 13.7. The highest BCUT2D eigenvalue weighted by molar-refractivity contribution is 6.32. The van der Waals surface area contributed by atoms with Gasteiger partial charge in [-0.25, -0.2) is 4.79 Å². The molecule has 0 bridgehead atoms. The highest BCUT2D eigenvalue weighted by Crippen LogP contribution is 2.32. The molecular weight excluding hydrogens is 292 g/mol. The Hall–Kier alpha value is -1.46. The average Bonchev–Trinajstić information content (AvgIpc) is 2.37. The molecular formula is C15H23ClN2O3. The predicted octanol–water partition coefficient (Wildman–Crippen LogP) is 2.92. The van der Waals surface area contributed by atoms with Crippen LogP contribution in [-0.4, -0.2) is 31.9 Å². The maximum Gasteiger partial charge on any atom is 0.407 e. The van der Waals surface area contributed by atoms with Crippen molar-refractivity contribution >= 4 is 17.7 Å². The molecule has 0 saturated heterocycles. The summed E-state index contributed by atoms with van der Waals surface area (Å²) in [5, 5.41) is 3.24. The van der Waals surface area contributed by atoms with E-state index in [1.54, 1.807) is 13.2 Å². The Morgan fingerprint density at radius 1 is 1.43 bits per heavy atom. The average molecular weight is 315 g/mol. The minimum Gasteiger partial charge on any atom is -0.495 e. The highest BCUT2D eigenvalue weighted by atomic mass is 35.5. The van der Waals surface area contributed by atoms with Gasteiger partial charge in [0, 0.05) is 24.6 Å². The van der Waals surface area contributed by atoms with Gasteiger partial charge in [0.1, 0.15) is 11.4 Å². The van der Waals surface area contributed by atoms with E-state index in [0.717, 1.165) is 5.56 Å². The zero-order chi connectivity index (χ0) is 16.0. The van der Waals surface area contributed by atoms with Gasteiger partial charge in [-0.05, 0) is 26.8 Å². The fourth-order valence-electron chi connectivity index (χ4n) is 1.90. The van der Waals surface area contributed by atoms with E-state index < -0.39 is 11.7 Å². The largest absolute Gasteiger partial charge is 0.495 e. The van der Waals surface area contributed by atoms with Crippen molar-refractivity contribution in [3.8, 4) is 5.75 Å². The summed E-state index contributed by atoms with van der Waals surface area (Å²) in [7, 11) is 1.56. The monoisotopic (exact) mass is 314 g/mol. The van der Waals surface area contributed by atoms with Gasteiger partial charge in [-0.15, -0.1) is 0 Å². The van der Waals surface area contributed by atoms with Crippen LogP contribution in [-0.2, 0) is 4.74 Å². The number of carbonyl (C=O) groups is 1. The first-order chi connectivity index (χ1) is 9.78. The Labute approximate surface area is 130 Å². The Kier molecular flexibility index (Phi) is 6.30. The second-order valence-electron chi connectivity index (χ2n) is 5.68. The molecule has 1 atom stereocenters. The van der Waals surface area contributed by atoms with Crippen LogP contribution in [0.4, 0.5) is 4.79 Å². The number of amides is 1. The topological polar surface area (TPSA) is 73.6 Å². The summed E-state index contributed by atoms with van der Waals surface area (Å²) in [6, 6.07) is 5.47. The SMILES string of the molecule is COc1c(Cl)cccc1C(CN)CNC(=O)OC(C)(C)C. The lowest BCUT2D eigenvalue weighted by Gasteiger charge is -2.22. The molecule has 1 amide bonds. The second-order valence-corrected chi connectivity index (χ2v) is 6.08. The van der Waals surface area contributed by atoms with E-state index in [1.165, 1.54) is 0 Å². The number of nitrogens with two attached hydrogens (primary N) is 1. The molecule has 0 aromatic heterocycles. The van der Waals surface area contributed by atoms with Crippen molar-refractivity contribution in [2.45, 2.75) is 32.3 Å². The van der Waals surface area contributed by atoms with Crippen LogP contribution in [0.25, 0.3) is 0 Å². The maximum atomic E-state index is 11.7. The highest BCUT2D eigenvalue weighted by Gasteiger charge is 2.20. The lowest BCUT2D eigenvalue weighted by molar-refractivity contribution is 0.0524. The number of benzene rings is 1. The molecule has 0 aliphatic carbocycles. The molecule has 5 nitrogen and oxygen atoms in total. The third-order valence-electron chi connectivity index (χ3n) is 2.82. The molecule has 1 rings (SSSR count). The van der Waals surface area contributed by atoms with E-state index in [0.29, 0.717) is 23.9 Å². The minimum atomic E-state index is -0.532. The third kappa shape index (κ3) is 5.44. The van der Waals surface area contributed by atoms with E-state index in [2.05, 4.69) is 5.32 Å². The van der Waals surface area contributed by atoms with Crippen molar-refractivity contribution in [2.24, 2.45) is 5.73 Å². The molecule has 0 aliphatic heterocycles.